The molecule has 0 saturated carbocycles. The smallest absolute Gasteiger partial charge is 0.270 e. The number of hydrogen-bond donors (Lipinski definition) is 0. The number of nitrogens with zero attached hydrogens (tertiary/aromatic N) is 2. The molecule has 0 atom stereocenters. The first kappa shape index (κ1) is 26.3. The molecule has 0 N–H and O–H groups in total. The van der Waals surface area contributed by atoms with Gasteiger partial charge in [0.1, 0.15) is 17.1 Å². The third-order valence-electron chi connectivity index (χ3n) is 6.26. The van der Waals surface area contributed by atoms with Crippen molar-refractivity contribution in [1.82, 2.24) is 0 Å². The van der Waals surface area contributed by atoms with Crippen LogP contribution in [0.5, 0.6) is 5.75 Å². The summed E-state index contributed by atoms with van der Waals surface area (Å²) in [7, 11) is 1.50. The summed E-state index contributed by atoms with van der Waals surface area (Å²) in [5.41, 5.74) is 2.86. The monoisotopic (exact) mass is 556 g/mol. The summed E-state index contributed by atoms with van der Waals surface area (Å²) in [6.45, 7) is 0. The zero-order valence-electron chi connectivity index (χ0n) is 20.8. The molecule has 0 aromatic heterocycles. The molecule has 1 aliphatic rings. The van der Waals surface area contributed by atoms with Crippen LogP contribution in [0.15, 0.2) is 103 Å². The maximum atomic E-state index is 13.7. The second kappa shape index (κ2) is 11.2. The minimum atomic E-state index is -0.553. The van der Waals surface area contributed by atoms with Gasteiger partial charge in [-0.1, -0.05) is 60.1 Å². The lowest BCUT2D eigenvalue weighted by molar-refractivity contribution is -0.120. The number of carbonyl (C=O) groups is 2. The van der Waals surface area contributed by atoms with E-state index >= 15 is 0 Å². The molecule has 1 heterocycles. The Balaban J connectivity index is 1.59. The van der Waals surface area contributed by atoms with Gasteiger partial charge in [0.05, 0.1) is 18.5 Å². The molecule has 1 aliphatic heterocycles. The summed E-state index contributed by atoms with van der Waals surface area (Å²) in [5.74, 6) is -1.00. The highest BCUT2D eigenvalue weighted by atomic mass is 35.5. The molecule has 4 aromatic rings. The van der Waals surface area contributed by atoms with Crippen molar-refractivity contribution in [3.63, 3.8) is 0 Å². The first-order chi connectivity index (χ1) is 18.9. The average Bonchev–Trinajstić information content (AvgIpc) is 2.93. The van der Waals surface area contributed by atoms with E-state index in [9.17, 15) is 14.0 Å². The number of amides is 2. The highest BCUT2D eigenvalue weighted by Crippen LogP contribution is 2.34. The zero-order chi connectivity index (χ0) is 27.5. The first-order valence-corrected chi connectivity index (χ1v) is 12.8. The van der Waals surface area contributed by atoms with E-state index < -0.39 is 11.8 Å². The van der Waals surface area contributed by atoms with Crippen molar-refractivity contribution in [1.29, 1.82) is 0 Å². The van der Waals surface area contributed by atoms with Gasteiger partial charge in [-0.15, -0.1) is 0 Å². The van der Waals surface area contributed by atoms with E-state index in [0.29, 0.717) is 39.7 Å². The van der Waals surface area contributed by atoms with Crippen LogP contribution in [0.4, 0.5) is 15.8 Å². The number of methoxy groups -OCH3 is 1. The first-order valence-electron chi connectivity index (χ1n) is 12.0. The van der Waals surface area contributed by atoms with Gasteiger partial charge in [0, 0.05) is 17.0 Å². The summed E-state index contributed by atoms with van der Waals surface area (Å²) < 4.78 is 19.3. The van der Waals surface area contributed by atoms with Gasteiger partial charge in [-0.3, -0.25) is 19.4 Å². The molecule has 5 nitrogen and oxygen atoms in total. The van der Waals surface area contributed by atoms with Gasteiger partial charge in [-0.05, 0) is 78.0 Å². The second-order valence-corrected chi connectivity index (χ2v) is 9.56. The normalized spacial score (nSPS) is 13.6. The fourth-order valence-electron chi connectivity index (χ4n) is 4.43. The molecule has 0 radical (unpaired) electrons. The minimum absolute atomic E-state index is 0.0561. The van der Waals surface area contributed by atoms with E-state index in [2.05, 4.69) is 0 Å². The summed E-state index contributed by atoms with van der Waals surface area (Å²) >= 11 is 12.3. The molecule has 0 spiro atoms. The molecule has 0 unspecified atom stereocenters. The summed E-state index contributed by atoms with van der Waals surface area (Å²) in [5, 5.41) is 0.414. The lowest BCUT2D eigenvalue weighted by Crippen LogP contribution is -2.56. The number of ether oxygens (including phenoxy) is 1. The third kappa shape index (κ3) is 5.32. The van der Waals surface area contributed by atoms with Crippen LogP contribution in [-0.4, -0.2) is 24.0 Å². The number of hydrogen-bond acceptors (Lipinski definition) is 4. The Bertz CT molecular complexity index is 1550. The molecule has 5 rings (SSSR count). The topological polar surface area (TPSA) is 49.9 Å². The maximum absolute atomic E-state index is 13.7. The number of rotatable bonds is 6. The van der Waals surface area contributed by atoms with Crippen LogP contribution >= 0.6 is 23.8 Å². The molecule has 8 heteroatoms. The van der Waals surface area contributed by atoms with E-state index in [4.69, 9.17) is 28.6 Å². The van der Waals surface area contributed by atoms with E-state index in [1.807, 2.05) is 12.1 Å². The summed E-state index contributed by atoms with van der Waals surface area (Å²) in [4.78, 5) is 30.1. The van der Waals surface area contributed by atoms with Gasteiger partial charge in [0.25, 0.3) is 11.8 Å². The Hall–Kier alpha value is -4.33. The summed E-state index contributed by atoms with van der Waals surface area (Å²) in [6.07, 6.45) is 1.82. The number of para-hydroxylation sites is 2. The molecule has 0 aliphatic carbocycles. The van der Waals surface area contributed by atoms with Crippen molar-refractivity contribution >= 4 is 58.2 Å². The highest BCUT2D eigenvalue weighted by Gasteiger charge is 2.41. The van der Waals surface area contributed by atoms with Crippen LogP contribution in [-0.2, 0) is 16.0 Å². The van der Waals surface area contributed by atoms with Crippen molar-refractivity contribution in [2.24, 2.45) is 0 Å². The zero-order valence-corrected chi connectivity index (χ0v) is 22.4. The Morgan fingerprint density at radius 1 is 0.846 bits per heavy atom. The molecular formula is C31H22ClFN2O3S. The fraction of sp³-hybridized carbons (Fsp3) is 0.0645. The summed E-state index contributed by atoms with van der Waals surface area (Å²) in [6, 6.07) is 27.4. The second-order valence-electron chi connectivity index (χ2n) is 8.78. The van der Waals surface area contributed by atoms with Crippen LogP contribution in [0.1, 0.15) is 16.7 Å². The Kier molecular flexibility index (Phi) is 7.54. The van der Waals surface area contributed by atoms with E-state index in [1.54, 1.807) is 72.8 Å². The standard InChI is InChI=1S/C31H22ClFN2O3S/c1-38-28-19-21(18-27(32)25(28)16-20-9-8-10-22(33)15-20)17-26-29(36)34(23-11-4-2-5-12-23)31(39)35(30(26)37)24-13-6-3-7-14-24/h2-15,17-19H,16H2,1H3. The maximum Gasteiger partial charge on any atom is 0.270 e. The SMILES string of the molecule is COc1cc(C=C2C(=O)N(c3ccccc3)C(=S)N(c3ccccc3)C2=O)cc(Cl)c1Cc1cccc(F)c1. The van der Waals surface area contributed by atoms with Gasteiger partial charge >= 0.3 is 0 Å². The lowest BCUT2D eigenvalue weighted by atomic mass is 10.00. The lowest BCUT2D eigenvalue weighted by Gasteiger charge is -2.36. The van der Waals surface area contributed by atoms with Gasteiger partial charge in [-0.25, -0.2) is 4.39 Å². The van der Waals surface area contributed by atoms with Crippen molar-refractivity contribution < 1.29 is 18.7 Å². The van der Waals surface area contributed by atoms with Gasteiger partial charge < -0.3 is 4.74 Å². The van der Waals surface area contributed by atoms with Crippen LogP contribution in [0.2, 0.25) is 5.02 Å². The van der Waals surface area contributed by atoms with Crippen LogP contribution in [0, 0.1) is 5.82 Å². The minimum Gasteiger partial charge on any atom is -0.496 e. The number of carbonyl (C=O) groups excluding carboxylic acids is 2. The van der Waals surface area contributed by atoms with Crippen molar-refractivity contribution in [3.05, 3.63) is 130 Å². The Labute approximate surface area is 235 Å². The van der Waals surface area contributed by atoms with Crippen LogP contribution < -0.4 is 14.5 Å². The molecule has 0 bridgehead atoms. The van der Waals surface area contributed by atoms with Gasteiger partial charge in [-0.2, -0.15) is 0 Å². The number of benzene rings is 4. The number of thiocarbonyl (C=S) groups is 1. The molecule has 4 aromatic carbocycles. The Morgan fingerprint density at radius 3 is 1.97 bits per heavy atom. The fourth-order valence-corrected chi connectivity index (χ4v) is 5.09. The largest absolute Gasteiger partial charge is 0.496 e. The molecule has 1 fully saturated rings. The quantitative estimate of drug-likeness (QED) is 0.148. The Morgan fingerprint density at radius 2 is 1.44 bits per heavy atom. The number of anilines is 2. The predicted molar refractivity (Wildman–Crippen MR) is 156 cm³/mol. The molecule has 39 heavy (non-hydrogen) atoms. The number of halogens is 2. The third-order valence-corrected chi connectivity index (χ3v) is 6.96. The van der Waals surface area contributed by atoms with E-state index in [-0.39, 0.29) is 16.5 Å². The highest BCUT2D eigenvalue weighted by molar-refractivity contribution is 7.81. The van der Waals surface area contributed by atoms with Crippen molar-refractivity contribution in [2.45, 2.75) is 6.42 Å². The average molecular weight is 557 g/mol. The van der Waals surface area contributed by atoms with Crippen LogP contribution in [0.3, 0.4) is 0 Å². The molecule has 194 valence electrons. The van der Waals surface area contributed by atoms with Crippen LogP contribution in [0.25, 0.3) is 6.08 Å². The molecular weight excluding hydrogens is 535 g/mol. The molecule has 1 saturated heterocycles. The van der Waals surface area contributed by atoms with Crippen molar-refractivity contribution in [3.8, 4) is 5.75 Å². The molecule has 2 amide bonds. The van der Waals surface area contributed by atoms with Gasteiger partial charge in [0.15, 0.2) is 5.11 Å². The van der Waals surface area contributed by atoms with E-state index in [0.717, 1.165) is 5.56 Å². The van der Waals surface area contributed by atoms with Crippen molar-refractivity contribution in [2.75, 3.05) is 16.9 Å². The van der Waals surface area contributed by atoms with E-state index in [1.165, 1.54) is 35.1 Å². The predicted octanol–water partition coefficient (Wildman–Crippen LogP) is 6.83. The van der Waals surface area contributed by atoms with Gasteiger partial charge in [0.2, 0.25) is 0 Å².